The maximum Gasteiger partial charge on any atom is 0.183 e. The van der Waals surface area contributed by atoms with Crippen molar-refractivity contribution in [3.8, 4) is 0 Å². The Morgan fingerprint density at radius 3 is 3.08 bits per heavy atom. The molecule has 1 aliphatic heterocycles. The van der Waals surface area contributed by atoms with Crippen molar-refractivity contribution in [3.63, 3.8) is 0 Å². The van der Waals surface area contributed by atoms with Gasteiger partial charge in [-0.15, -0.1) is 0 Å². The highest BCUT2D eigenvalue weighted by atomic mass is 16.5. The highest BCUT2D eigenvalue weighted by Gasteiger charge is 2.10. The smallest absolute Gasteiger partial charge is 0.183 e. The molecule has 13 heavy (non-hydrogen) atoms. The Labute approximate surface area is 80.7 Å². The fourth-order valence-electron chi connectivity index (χ4n) is 1.53. The zero-order valence-electron chi connectivity index (χ0n) is 8.62. The third-order valence-electron chi connectivity index (χ3n) is 2.28. The molecular weight excluding hydrogens is 162 g/mol. The van der Waals surface area contributed by atoms with Crippen molar-refractivity contribution < 1.29 is 4.74 Å². The number of allylic oxidation sites excluding steroid dienone is 1. The lowest BCUT2D eigenvalue weighted by Gasteiger charge is -2.05. The summed E-state index contributed by atoms with van der Waals surface area (Å²) in [5, 5.41) is 0. The number of aliphatic imine (C=N–C) groups is 1. The predicted octanol–water partition coefficient (Wildman–Crippen LogP) is 2.94. The molecule has 0 bridgehead atoms. The molecule has 0 aromatic rings. The molecule has 0 aromatic carbocycles. The van der Waals surface area contributed by atoms with Crippen LogP contribution < -0.4 is 0 Å². The minimum Gasteiger partial charge on any atom is -0.484 e. The van der Waals surface area contributed by atoms with Gasteiger partial charge in [0.1, 0.15) is 0 Å². The van der Waals surface area contributed by atoms with Crippen LogP contribution in [0, 0.1) is 0 Å². The van der Waals surface area contributed by atoms with Crippen molar-refractivity contribution in [2.45, 2.75) is 45.1 Å². The van der Waals surface area contributed by atoms with Crippen molar-refractivity contribution in [1.29, 1.82) is 0 Å². The molecular formula is C11H19NO. The number of methoxy groups -OCH3 is 1. The summed E-state index contributed by atoms with van der Waals surface area (Å²) in [6.07, 6.45) is 10.1. The largest absolute Gasteiger partial charge is 0.484 e. The molecule has 2 heteroatoms. The topological polar surface area (TPSA) is 21.6 Å². The molecule has 0 spiro atoms. The Balaban J connectivity index is 2.55. The molecule has 0 amide bonds. The fourth-order valence-corrected chi connectivity index (χ4v) is 1.53. The Bertz CT molecular complexity index is 196. The highest BCUT2D eigenvalue weighted by Crippen LogP contribution is 2.15. The van der Waals surface area contributed by atoms with E-state index < -0.39 is 0 Å². The molecule has 1 atom stereocenters. The maximum atomic E-state index is 5.20. The van der Waals surface area contributed by atoms with Gasteiger partial charge in [0.05, 0.1) is 13.2 Å². The van der Waals surface area contributed by atoms with Crippen LogP contribution in [0.25, 0.3) is 0 Å². The van der Waals surface area contributed by atoms with Gasteiger partial charge in [0, 0.05) is 6.42 Å². The standard InChI is InChI=1S/C11H19NO/c1-3-4-7-10-8-5-6-9-11(12-10)13-2/h4,7,10H,3,5-6,8-9H2,1-2H3/b7-4+. The normalized spacial score (nSPS) is 24.2. The zero-order chi connectivity index (χ0) is 9.52. The average Bonchev–Trinajstić information content (AvgIpc) is 2.39. The second-order valence-electron chi connectivity index (χ2n) is 3.38. The third-order valence-corrected chi connectivity index (χ3v) is 2.28. The number of nitrogens with zero attached hydrogens (tertiary/aromatic N) is 1. The molecule has 0 saturated carbocycles. The summed E-state index contributed by atoms with van der Waals surface area (Å²) >= 11 is 0. The second kappa shape index (κ2) is 5.79. The van der Waals surface area contributed by atoms with E-state index in [-0.39, 0.29) is 0 Å². The SMILES string of the molecule is CC/C=C/C1CCCCC(OC)=N1. The molecule has 0 saturated heterocycles. The van der Waals surface area contributed by atoms with E-state index in [1.54, 1.807) is 7.11 Å². The first-order valence-corrected chi connectivity index (χ1v) is 5.14. The van der Waals surface area contributed by atoms with E-state index in [9.17, 15) is 0 Å². The quantitative estimate of drug-likeness (QED) is 0.600. The van der Waals surface area contributed by atoms with Gasteiger partial charge in [-0.25, -0.2) is 4.99 Å². The molecule has 0 fully saturated rings. The summed E-state index contributed by atoms with van der Waals surface area (Å²) in [4.78, 5) is 4.54. The van der Waals surface area contributed by atoms with Gasteiger partial charge < -0.3 is 4.74 Å². The van der Waals surface area contributed by atoms with Crippen LogP contribution in [0.2, 0.25) is 0 Å². The van der Waals surface area contributed by atoms with E-state index in [1.165, 1.54) is 19.3 Å². The first-order valence-electron chi connectivity index (χ1n) is 5.14. The summed E-state index contributed by atoms with van der Waals surface area (Å²) in [6.45, 7) is 2.15. The average molecular weight is 181 g/mol. The van der Waals surface area contributed by atoms with Gasteiger partial charge in [0.15, 0.2) is 5.90 Å². The van der Waals surface area contributed by atoms with Crippen molar-refractivity contribution in [3.05, 3.63) is 12.2 Å². The number of ether oxygens (including phenoxy) is 1. The molecule has 0 radical (unpaired) electrons. The van der Waals surface area contributed by atoms with Crippen LogP contribution in [0.5, 0.6) is 0 Å². The maximum absolute atomic E-state index is 5.20. The molecule has 0 N–H and O–H groups in total. The van der Waals surface area contributed by atoms with Crippen LogP contribution in [0.3, 0.4) is 0 Å². The van der Waals surface area contributed by atoms with E-state index in [2.05, 4.69) is 24.1 Å². The van der Waals surface area contributed by atoms with Crippen LogP contribution in [-0.4, -0.2) is 19.0 Å². The molecule has 2 nitrogen and oxygen atoms in total. The van der Waals surface area contributed by atoms with Gasteiger partial charge in [-0.3, -0.25) is 0 Å². The lowest BCUT2D eigenvalue weighted by atomic mass is 10.1. The minimum absolute atomic E-state index is 0.359. The summed E-state index contributed by atoms with van der Waals surface area (Å²) in [7, 11) is 1.71. The van der Waals surface area contributed by atoms with E-state index in [4.69, 9.17) is 4.74 Å². The van der Waals surface area contributed by atoms with Crippen molar-refractivity contribution >= 4 is 5.90 Å². The zero-order valence-corrected chi connectivity index (χ0v) is 8.62. The van der Waals surface area contributed by atoms with Crippen molar-refractivity contribution in [2.24, 2.45) is 4.99 Å². The van der Waals surface area contributed by atoms with Gasteiger partial charge in [0.2, 0.25) is 0 Å². The number of rotatable bonds is 2. The molecule has 1 rings (SSSR count). The van der Waals surface area contributed by atoms with E-state index in [1.807, 2.05) is 0 Å². The summed E-state index contributed by atoms with van der Waals surface area (Å²) in [6, 6.07) is 0.359. The van der Waals surface area contributed by atoms with Gasteiger partial charge in [-0.2, -0.15) is 0 Å². The van der Waals surface area contributed by atoms with Gasteiger partial charge in [0.25, 0.3) is 0 Å². The van der Waals surface area contributed by atoms with Crippen LogP contribution in [0.1, 0.15) is 39.0 Å². The van der Waals surface area contributed by atoms with Crippen LogP contribution in [0.15, 0.2) is 17.1 Å². The van der Waals surface area contributed by atoms with E-state index in [0.717, 1.165) is 18.7 Å². The molecule has 1 aliphatic rings. The van der Waals surface area contributed by atoms with Gasteiger partial charge in [-0.1, -0.05) is 25.5 Å². The van der Waals surface area contributed by atoms with Crippen LogP contribution >= 0.6 is 0 Å². The second-order valence-corrected chi connectivity index (χ2v) is 3.38. The number of hydrogen-bond donors (Lipinski definition) is 0. The summed E-state index contributed by atoms with van der Waals surface area (Å²) in [5.74, 6) is 0.920. The monoisotopic (exact) mass is 181 g/mol. The Kier molecular flexibility index (Phi) is 4.58. The van der Waals surface area contributed by atoms with Crippen molar-refractivity contribution in [2.75, 3.05) is 7.11 Å². The predicted molar refractivity (Wildman–Crippen MR) is 56.1 cm³/mol. The molecule has 0 aliphatic carbocycles. The lowest BCUT2D eigenvalue weighted by Crippen LogP contribution is -2.04. The first-order chi connectivity index (χ1) is 6.36. The van der Waals surface area contributed by atoms with Crippen LogP contribution in [-0.2, 0) is 4.74 Å². The van der Waals surface area contributed by atoms with Gasteiger partial charge in [-0.05, 0) is 19.3 Å². The molecule has 0 aromatic heterocycles. The Hall–Kier alpha value is -0.790. The van der Waals surface area contributed by atoms with Crippen molar-refractivity contribution in [1.82, 2.24) is 0 Å². The fraction of sp³-hybridized carbons (Fsp3) is 0.727. The minimum atomic E-state index is 0.359. The van der Waals surface area contributed by atoms with Crippen LogP contribution in [0.4, 0.5) is 0 Å². The Morgan fingerprint density at radius 1 is 1.54 bits per heavy atom. The van der Waals surface area contributed by atoms with E-state index >= 15 is 0 Å². The van der Waals surface area contributed by atoms with E-state index in [0.29, 0.717) is 6.04 Å². The summed E-state index contributed by atoms with van der Waals surface area (Å²) in [5.41, 5.74) is 0. The van der Waals surface area contributed by atoms with Gasteiger partial charge >= 0.3 is 0 Å². The number of hydrogen-bond acceptors (Lipinski definition) is 2. The summed E-state index contributed by atoms with van der Waals surface area (Å²) < 4.78 is 5.20. The molecule has 74 valence electrons. The first kappa shape index (κ1) is 10.3. The highest BCUT2D eigenvalue weighted by molar-refractivity contribution is 5.76. The third kappa shape index (κ3) is 3.62. The molecule has 1 heterocycles. The lowest BCUT2D eigenvalue weighted by molar-refractivity contribution is 0.387. The Morgan fingerprint density at radius 2 is 2.38 bits per heavy atom. The molecule has 1 unspecified atom stereocenters.